The van der Waals surface area contributed by atoms with Crippen molar-refractivity contribution < 1.29 is 4.79 Å². The predicted octanol–water partition coefficient (Wildman–Crippen LogP) is -0.458. The number of rotatable bonds is 5. The van der Waals surface area contributed by atoms with Crippen molar-refractivity contribution in [2.75, 3.05) is 6.54 Å². The molecule has 8 nitrogen and oxygen atoms in total. The Balaban J connectivity index is 1.93. The zero-order valence-corrected chi connectivity index (χ0v) is 13.4. The Morgan fingerprint density at radius 2 is 1.96 bits per heavy atom. The molecule has 0 saturated carbocycles. The number of hydrogen-bond acceptors (Lipinski definition) is 5. The lowest BCUT2D eigenvalue weighted by atomic mass is 10.3. The smallest absolute Gasteiger partial charge is 0.267 e. The van der Waals surface area contributed by atoms with Crippen LogP contribution in [0.25, 0.3) is 0 Å². The first-order chi connectivity index (χ1) is 10.9. The fourth-order valence-electron chi connectivity index (χ4n) is 2.01. The first-order valence-corrected chi connectivity index (χ1v) is 7.22. The molecule has 0 aliphatic heterocycles. The molecular formula is C15H19N5O3. The van der Waals surface area contributed by atoms with Gasteiger partial charge in [-0.15, -0.1) is 0 Å². The van der Waals surface area contributed by atoms with Gasteiger partial charge in [-0.05, 0) is 26.8 Å². The Hall–Kier alpha value is -2.77. The van der Waals surface area contributed by atoms with Crippen LogP contribution in [0.5, 0.6) is 0 Å². The maximum atomic E-state index is 12.0. The van der Waals surface area contributed by atoms with E-state index in [2.05, 4.69) is 15.4 Å². The van der Waals surface area contributed by atoms with Gasteiger partial charge in [0.05, 0.1) is 12.0 Å². The molecule has 2 rings (SSSR count). The quantitative estimate of drug-likeness (QED) is 0.804. The molecule has 0 aliphatic carbocycles. The minimum absolute atomic E-state index is 0.122. The van der Waals surface area contributed by atoms with Gasteiger partial charge in [-0.25, -0.2) is 9.67 Å². The minimum atomic E-state index is -0.338. The van der Waals surface area contributed by atoms with Crippen molar-refractivity contribution in [1.29, 1.82) is 0 Å². The summed E-state index contributed by atoms with van der Waals surface area (Å²) in [7, 11) is 0. The number of carbonyl (C=O) groups excluding carboxylic acids is 1. The van der Waals surface area contributed by atoms with E-state index < -0.39 is 0 Å². The van der Waals surface area contributed by atoms with E-state index in [0.717, 1.165) is 4.68 Å². The number of aryl methyl sites for hydroxylation is 2. The minimum Gasteiger partial charge on any atom is -0.353 e. The van der Waals surface area contributed by atoms with Crippen LogP contribution in [0.4, 0.5) is 0 Å². The van der Waals surface area contributed by atoms with Gasteiger partial charge in [-0.3, -0.25) is 19.0 Å². The van der Waals surface area contributed by atoms with Crippen LogP contribution in [0.15, 0.2) is 28.0 Å². The standard InChI is InChI=1S/C15H19N5O3/c1-10-4-5-14(22)20(18-10)8-13(21)16-6-7-19-9-17-12(3)11(2)15(19)23/h4-5,9H,6-8H2,1-3H3,(H,16,21). The highest BCUT2D eigenvalue weighted by Gasteiger charge is 2.07. The zero-order valence-electron chi connectivity index (χ0n) is 13.4. The molecule has 0 spiro atoms. The van der Waals surface area contributed by atoms with Crippen LogP contribution in [0.3, 0.4) is 0 Å². The normalized spacial score (nSPS) is 10.6. The van der Waals surface area contributed by atoms with E-state index in [1.807, 2.05) is 0 Å². The van der Waals surface area contributed by atoms with Crippen molar-refractivity contribution in [2.24, 2.45) is 0 Å². The summed E-state index contributed by atoms with van der Waals surface area (Å²) < 4.78 is 2.55. The van der Waals surface area contributed by atoms with E-state index in [9.17, 15) is 14.4 Å². The highest BCUT2D eigenvalue weighted by molar-refractivity contribution is 5.75. The summed E-state index contributed by atoms with van der Waals surface area (Å²) in [5.41, 5.74) is 1.49. The Morgan fingerprint density at radius 1 is 1.22 bits per heavy atom. The number of nitrogens with one attached hydrogen (secondary N) is 1. The molecule has 2 aromatic rings. The van der Waals surface area contributed by atoms with Gasteiger partial charge in [0.2, 0.25) is 5.91 Å². The molecule has 8 heteroatoms. The van der Waals surface area contributed by atoms with Crippen LogP contribution in [-0.4, -0.2) is 31.8 Å². The van der Waals surface area contributed by atoms with Gasteiger partial charge in [0, 0.05) is 30.4 Å². The van der Waals surface area contributed by atoms with Crippen molar-refractivity contribution >= 4 is 5.91 Å². The van der Waals surface area contributed by atoms with Crippen molar-refractivity contribution in [1.82, 2.24) is 24.6 Å². The molecule has 0 unspecified atom stereocenters. The Labute approximate surface area is 132 Å². The molecule has 1 amide bonds. The highest BCUT2D eigenvalue weighted by atomic mass is 16.2. The van der Waals surface area contributed by atoms with Crippen molar-refractivity contribution in [2.45, 2.75) is 33.9 Å². The third kappa shape index (κ3) is 4.12. The van der Waals surface area contributed by atoms with Gasteiger partial charge in [0.15, 0.2) is 0 Å². The highest BCUT2D eigenvalue weighted by Crippen LogP contribution is 1.94. The molecule has 0 atom stereocenters. The molecule has 2 heterocycles. The fraction of sp³-hybridized carbons (Fsp3) is 0.400. The number of aromatic nitrogens is 4. The Bertz CT molecular complexity index is 838. The average molecular weight is 317 g/mol. The Morgan fingerprint density at radius 3 is 2.70 bits per heavy atom. The first kappa shape index (κ1) is 16.6. The Kier molecular flexibility index (Phi) is 5.05. The summed E-state index contributed by atoms with van der Waals surface area (Å²) in [6.07, 6.45) is 1.46. The number of carbonyl (C=O) groups is 1. The number of nitrogens with zero attached hydrogens (tertiary/aromatic N) is 4. The molecular weight excluding hydrogens is 298 g/mol. The van der Waals surface area contributed by atoms with Gasteiger partial charge >= 0.3 is 0 Å². The maximum Gasteiger partial charge on any atom is 0.267 e. The van der Waals surface area contributed by atoms with E-state index in [1.165, 1.54) is 17.0 Å². The van der Waals surface area contributed by atoms with E-state index in [1.54, 1.807) is 26.8 Å². The second-order valence-corrected chi connectivity index (χ2v) is 5.27. The van der Waals surface area contributed by atoms with Crippen molar-refractivity contribution in [3.05, 3.63) is 56.1 Å². The summed E-state index contributed by atoms with van der Waals surface area (Å²) in [5, 5.41) is 6.65. The largest absolute Gasteiger partial charge is 0.353 e. The van der Waals surface area contributed by atoms with E-state index in [0.29, 0.717) is 23.5 Å². The topological polar surface area (TPSA) is 98.9 Å². The second-order valence-electron chi connectivity index (χ2n) is 5.27. The van der Waals surface area contributed by atoms with Crippen molar-refractivity contribution in [3.63, 3.8) is 0 Å². The maximum absolute atomic E-state index is 12.0. The van der Waals surface area contributed by atoms with E-state index >= 15 is 0 Å². The molecule has 0 aliphatic rings. The van der Waals surface area contributed by atoms with Crippen LogP contribution in [0.2, 0.25) is 0 Å². The third-order valence-corrected chi connectivity index (χ3v) is 3.48. The number of amides is 1. The van der Waals surface area contributed by atoms with Crippen LogP contribution in [-0.2, 0) is 17.9 Å². The molecule has 0 aromatic carbocycles. The summed E-state index contributed by atoms with van der Waals surface area (Å²) >= 11 is 0. The molecule has 0 fully saturated rings. The second kappa shape index (κ2) is 6.99. The van der Waals surface area contributed by atoms with Crippen LogP contribution in [0, 0.1) is 20.8 Å². The van der Waals surface area contributed by atoms with Gasteiger partial charge in [0.1, 0.15) is 6.54 Å². The summed E-state index contributed by atoms with van der Waals surface area (Å²) in [5.74, 6) is -0.338. The molecule has 23 heavy (non-hydrogen) atoms. The molecule has 122 valence electrons. The van der Waals surface area contributed by atoms with Crippen molar-refractivity contribution in [3.8, 4) is 0 Å². The summed E-state index contributed by atoms with van der Waals surface area (Å²) in [6.45, 7) is 5.66. The predicted molar refractivity (Wildman–Crippen MR) is 84.2 cm³/mol. The average Bonchev–Trinajstić information content (AvgIpc) is 2.51. The molecule has 0 bridgehead atoms. The first-order valence-electron chi connectivity index (χ1n) is 7.22. The van der Waals surface area contributed by atoms with Gasteiger partial charge in [-0.2, -0.15) is 5.10 Å². The SMILES string of the molecule is Cc1ccc(=O)n(CC(=O)NCCn2cnc(C)c(C)c2=O)n1. The monoisotopic (exact) mass is 317 g/mol. The zero-order chi connectivity index (χ0) is 17.0. The molecule has 1 N–H and O–H groups in total. The van der Waals surface area contributed by atoms with Crippen LogP contribution in [0.1, 0.15) is 17.0 Å². The molecule has 0 saturated heterocycles. The van der Waals surface area contributed by atoms with E-state index in [4.69, 9.17) is 0 Å². The van der Waals surface area contributed by atoms with Crippen LogP contribution >= 0.6 is 0 Å². The fourth-order valence-corrected chi connectivity index (χ4v) is 2.01. The molecule has 2 aromatic heterocycles. The van der Waals surface area contributed by atoms with Crippen LogP contribution < -0.4 is 16.4 Å². The lowest BCUT2D eigenvalue weighted by Gasteiger charge is -2.09. The van der Waals surface area contributed by atoms with E-state index in [-0.39, 0.29) is 30.1 Å². The number of hydrogen-bond donors (Lipinski definition) is 1. The summed E-state index contributed by atoms with van der Waals surface area (Å²) in [6, 6.07) is 2.96. The lowest BCUT2D eigenvalue weighted by Crippen LogP contribution is -2.36. The van der Waals surface area contributed by atoms with Gasteiger partial charge in [0.25, 0.3) is 11.1 Å². The summed E-state index contributed by atoms with van der Waals surface area (Å²) in [4.78, 5) is 39.6. The van der Waals surface area contributed by atoms with Gasteiger partial charge in [-0.1, -0.05) is 0 Å². The lowest BCUT2D eigenvalue weighted by molar-refractivity contribution is -0.121. The molecule has 0 radical (unpaired) electrons. The van der Waals surface area contributed by atoms with Gasteiger partial charge < -0.3 is 5.32 Å². The third-order valence-electron chi connectivity index (χ3n) is 3.48.